The van der Waals surface area contributed by atoms with E-state index in [4.69, 9.17) is 0 Å². The van der Waals surface area contributed by atoms with Gasteiger partial charge in [0.05, 0.1) is 0 Å². The van der Waals surface area contributed by atoms with Crippen molar-refractivity contribution in [2.45, 2.75) is 19.8 Å². The molecule has 1 aromatic rings. The van der Waals surface area contributed by atoms with E-state index in [1.165, 1.54) is 0 Å². The van der Waals surface area contributed by atoms with Crippen molar-refractivity contribution < 1.29 is 9.59 Å². The predicted molar refractivity (Wildman–Crippen MR) is 81.5 cm³/mol. The first kappa shape index (κ1) is 15.0. The molecule has 1 saturated heterocycles. The van der Waals surface area contributed by atoms with Gasteiger partial charge in [0.1, 0.15) is 0 Å². The van der Waals surface area contributed by atoms with Gasteiger partial charge in [-0.1, -0.05) is 22.0 Å². The molecule has 1 aliphatic heterocycles. The van der Waals surface area contributed by atoms with E-state index in [9.17, 15) is 9.59 Å². The van der Waals surface area contributed by atoms with E-state index in [1.54, 1.807) is 0 Å². The average Bonchev–Trinajstić information content (AvgIpc) is 2.47. The minimum atomic E-state index is 0.0423. The average molecular weight is 339 g/mol. The summed E-state index contributed by atoms with van der Waals surface area (Å²) < 4.78 is 0.903. The molecule has 0 aliphatic carbocycles. The van der Waals surface area contributed by atoms with Crippen molar-refractivity contribution in [3.63, 3.8) is 0 Å². The molecule has 1 heterocycles. The van der Waals surface area contributed by atoms with Crippen LogP contribution in [0.5, 0.6) is 0 Å². The Kier molecular flexibility index (Phi) is 5.17. The van der Waals surface area contributed by atoms with Gasteiger partial charge in [-0.15, -0.1) is 0 Å². The van der Waals surface area contributed by atoms with Crippen LogP contribution < -0.4 is 5.32 Å². The Bertz CT molecular complexity index is 496. The highest BCUT2D eigenvalue weighted by atomic mass is 79.9. The zero-order chi connectivity index (χ0) is 14.5. The van der Waals surface area contributed by atoms with Crippen LogP contribution in [0.1, 0.15) is 30.1 Å². The maximum absolute atomic E-state index is 12.4. The number of hydrogen-bond acceptors (Lipinski definition) is 2. The number of carbonyl (C=O) groups is 2. The molecule has 1 N–H and O–H groups in total. The molecule has 1 aromatic carbocycles. The van der Waals surface area contributed by atoms with Crippen molar-refractivity contribution in [1.82, 2.24) is 10.2 Å². The lowest BCUT2D eigenvalue weighted by molar-refractivity contribution is -0.126. The van der Waals surface area contributed by atoms with E-state index in [1.807, 2.05) is 36.1 Å². The molecule has 1 aliphatic rings. The summed E-state index contributed by atoms with van der Waals surface area (Å²) in [6, 6.07) is 7.41. The highest BCUT2D eigenvalue weighted by Crippen LogP contribution is 2.20. The third kappa shape index (κ3) is 3.60. The maximum atomic E-state index is 12.4. The van der Waals surface area contributed by atoms with E-state index in [-0.39, 0.29) is 17.7 Å². The van der Waals surface area contributed by atoms with E-state index < -0.39 is 0 Å². The largest absolute Gasteiger partial charge is 0.356 e. The molecule has 4 nitrogen and oxygen atoms in total. The topological polar surface area (TPSA) is 49.4 Å². The van der Waals surface area contributed by atoms with Crippen LogP contribution in [0.2, 0.25) is 0 Å². The molecule has 2 amide bonds. The number of nitrogens with zero attached hydrogens (tertiary/aromatic N) is 1. The van der Waals surface area contributed by atoms with Crippen LogP contribution >= 0.6 is 15.9 Å². The number of nitrogens with one attached hydrogen (secondary N) is 1. The zero-order valence-electron chi connectivity index (χ0n) is 11.6. The van der Waals surface area contributed by atoms with Crippen LogP contribution in [-0.2, 0) is 4.79 Å². The lowest BCUT2D eigenvalue weighted by atomic mass is 9.95. The van der Waals surface area contributed by atoms with E-state index >= 15 is 0 Å². The third-order valence-corrected chi connectivity index (χ3v) is 4.07. The molecule has 0 atom stereocenters. The predicted octanol–water partition coefficient (Wildman–Crippen LogP) is 2.44. The Morgan fingerprint density at radius 2 is 2.05 bits per heavy atom. The molecule has 5 heteroatoms. The molecular weight excluding hydrogens is 320 g/mol. The standard InChI is InChI=1S/C15H19BrN2O2/c1-2-17-14(19)11-6-8-18(9-7-11)15(20)12-4-3-5-13(16)10-12/h3-5,10-11H,2,6-9H2,1H3,(H,17,19). The van der Waals surface area contributed by atoms with Gasteiger partial charge in [0.15, 0.2) is 0 Å². The van der Waals surface area contributed by atoms with Crippen molar-refractivity contribution in [1.29, 1.82) is 0 Å². The number of carbonyl (C=O) groups excluding carboxylic acids is 2. The van der Waals surface area contributed by atoms with Gasteiger partial charge in [-0.25, -0.2) is 0 Å². The molecule has 0 bridgehead atoms. The van der Waals surface area contributed by atoms with Crippen LogP contribution in [0.25, 0.3) is 0 Å². The molecule has 0 radical (unpaired) electrons. The van der Waals surface area contributed by atoms with Gasteiger partial charge >= 0.3 is 0 Å². The lowest BCUT2D eigenvalue weighted by Gasteiger charge is -2.31. The van der Waals surface area contributed by atoms with Crippen LogP contribution in [0.15, 0.2) is 28.7 Å². The SMILES string of the molecule is CCNC(=O)C1CCN(C(=O)c2cccc(Br)c2)CC1. The van der Waals surface area contributed by atoms with E-state index in [0.717, 1.165) is 17.3 Å². The van der Waals surface area contributed by atoms with Gasteiger partial charge in [-0.2, -0.15) is 0 Å². The van der Waals surface area contributed by atoms with Gasteiger partial charge < -0.3 is 10.2 Å². The summed E-state index contributed by atoms with van der Waals surface area (Å²) in [6.45, 7) is 3.88. The highest BCUT2D eigenvalue weighted by Gasteiger charge is 2.27. The smallest absolute Gasteiger partial charge is 0.253 e. The van der Waals surface area contributed by atoms with Crippen molar-refractivity contribution in [2.75, 3.05) is 19.6 Å². The minimum absolute atomic E-state index is 0.0423. The maximum Gasteiger partial charge on any atom is 0.253 e. The van der Waals surface area contributed by atoms with Crippen molar-refractivity contribution in [2.24, 2.45) is 5.92 Å². The Labute approximate surface area is 127 Å². The van der Waals surface area contributed by atoms with Crippen molar-refractivity contribution in [3.05, 3.63) is 34.3 Å². The summed E-state index contributed by atoms with van der Waals surface area (Å²) in [4.78, 5) is 26.0. The van der Waals surface area contributed by atoms with Crippen LogP contribution in [0.3, 0.4) is 0 Å². The van der Waals surface area contributed by atoms with Gasteiger partial charge in [-0.3, -0.25) is 9.59 Å². The van der Waals surface area contributed by atoms with Crippen LogP contribution in [-0.4, -0.2) is 36.3 Å². The number of halogens is 1. The summed E-state index contributed by atoms with van der Waals surface area (Å²) in [6.07, 6.45) is 1.48. The first-order valence-electron chi connectivity index (χ1n) is 6.94. The highest BCUT2D eigenvalue weighted by molar-refractivity contribution is 9.10. The molecule has 108 valence electrons. The van der Waals surface area contributed by atoms with Crippen molar-refractivity contribution in [3.8, 4) is 0 Å². The van der Waals surface area contributed by atoms with Gasteiger partial charge in [0, 0.05) is 35.6 Å². The molecule has 1 fully saturated rings. The monoisotopic (exact) mass is 338 g/mol. The third-order valence-electron chi connectivity index (χ3n) is 3.58. The van der Waals surface area contributed by atoms with Gasteiger partial charge in [-0.05, 0) is 38.0 Å². The van der Waals surface area contributed by atoms with Gasteiger partial charge in [0.2, 0.25) is 5.91 Å². The van der Waals surface area contributed by atoms with Crippen LogP contribution in [0.4, 0.5) is 0 Å². The summed E-state index contributed by atoms with van der Waals surface area (Å²) in [5, 5.41) is 2.85. The fourth-order valence-electron chi connectivity index (χ4n) is 2.47. The lowest BCUT2D eigenvalue weighted by Crippen LogP contribution is -2.43. The van der Waals surface area contributed by atoms with E-state index in [2.05, 4.69) is 21.2 Å². The normalized spacial score (nSPS) is 16.0. The second kappa shape index (κ2) is 6.88. The second-order valence-electron chi connectivity index (χ2n) is 4.97. The minimum Gasteiger partial charge on any atom is -0.356 e. The molecule has 20 heavy (non-hydrogen) atoms. The van der Waals surface area contributed by atoms with E-state index in [0.29, 0.717) is 25.2 Å². The quantitative estimate of drug-likeness (QED) is 0.920. The first-order chi connectivity index (χ1) is 9.61. The van der Waals surface area contributed by atoms with Gasteiger partial charge in [0.25, 0.3) is 5.91 Å². The Hall–Kier alpha value is -1.36. The molecule has 0 unspecified atom stereocenters. The Morgan fingerprint density at radius 3 is 2.65 bits per heavy atom. The molecule has 0 aromatic heterocycles. The number of piperidine rings is 1. The van der Waals surface area contributed by atoms with Crippen LogP contribution in [0, 0.1) is 5.92 Å². The number of amides is 2. The molecule has 2 rings (SSSR count). The summed E-state index contributed by atoms with van der Waals surface area (Å²) in [5.74, 6) is 0.198. The summed E-state index contributed by atoms with van der Waals surface area (Å²) in [7, 11) is 0. The second-order valence-corrected chi connectivity index (χ2v) is 5.89. The number of likely N-dealkylation sites (tertiary alicyclic amines) is 1. The fourth-order valence-corrected chi connectivity index (χ4v) is 2.87. The Morgan fingerprint density at radius 1 is 1.35 bits per heavy atom. The molecular formula is C15H19BrN2O2. The zero-order valence-corrected chi connectivity index (χ0v) is 13.1. The van der Waals surface area contributed by atoms with Crippen molar-refractivity contribution >= 4 is 27.7 Å². The first-order valence-corrected chi connectivity index (χ1v) is 7.73. The number of rotatable bonds is 3. The summed E-state index contributed by atoms with van der Waals surface area (Å²) in [5.41, 5.74) is 0.691. The number of hydrogen-bond donors (Lipinski definition) is 1. The molecule has 0 saturated carbocycles. The molecule has 0 spiro atoms. The summed E-state index contributed by atoms with van der Waals surface area (Å²) >= 11 is 3.38. The number of benzene rings is 1. The Balaban J connectivity index is 1.93. The fraction of sp³-hybridized carbons (Fsp3) is 0.467.